The first-order valence-corrected chi connectivity index (χ1v) is 8.12. The quantitative estimate of drug-likeness (QED) is 0.896. The van der Waals surface area contributed by atoms with Crippen LogP contribution in [0.3, 0.4) is 0 Å². The smallest absolute Gasteiger partial charge is 0.161 e. The fraction of sp³-hybridized carbons (Fsp3) is 0.474. The van der Waals surface area contributed by atoms with Crippen LogP contribution in [0.2, 0.25) is 0 Å². The van der Waals surface area contributed by atoms with E-state index in [1.54, 1.807) is 30.9 Å². The minimum absolute atomic E-state index is 0.420. The van der Waals surface area contributed by atoms with Crippen molar-refractivity contribution in [2.24, 2.45) is 0 Å². The van der Waals surface area contributed by atoms with Gasteiger partial charge in [-0.2, -0.15) is 0 Å². The van der Waals surface area contributed by atoms with Crippen LogP contribution in [0.25, 0.3) is 0 Å². The van der Waals surface area contributed by atoms with Gasteiger partial charge in [0.25, 0.3) is 0 Å². The first-order valence-electron chi connectivity index (χ1n) is 8.12. The lowest BCUT2D eigenvalue weighted by Gasteiger charge is -2.29. The van der Waals surface area contributed by atoms with Gasteiger partial charge in [-0.25, -0.2) is 0 Å². The normalized spacial score (nSPS) is 20.7. The summed E-state index contributed by atoms with van der Waals surface area (Å²) in [6.07, 6.45) is 5.92. The Kier molecular flexibility index (Phi) is 4.53. The number of allylic oxidation sites excluding steroid dienone is 2. The molecule has 0 saturated heterocycles. The summed E-state index contributed by atoms with van der Waals surface area (Å²) >= 11 is 0. The van der Waals surface area contributed by atoms with Gasteiger partial charge in [0, 0.05) is 19.0 Å². The zero-order chi connectivity index (χ0) is 15.5. The minimum Gasteiger partial charge on any atom is -0.493 e. The lowest BCUT2D eigenvalue weighted by molar-refractivity contribution is 0.354. The molecule has 0 saturated carbocycles. The Morgan fingerprint density at radius 3 is 2.73 bits per heavy atom. The minimum atomic E-state index is 0.420. The van der Waals surface area contributed by atoms with E-state index in [1.165, 1.54) is 18.4 Å². The molecular weight excluding hydrogens is 274 g/mol. The molecule has 0 radical (unpaired) electrons. The third kappa shape index (κ3) is 2.66. The lowest BCUT2D eigenvalue weighted by atomic mass is 9.82. The van der Waals surface area contributed by atoms with Crippen LogP contribution in [0, 0.1) is 0 Å². The van der Waals surface area contributed by atoms with E-state index in [0.29, 0.717) is 5.92 Å². The van der Waals surface area contributed by atoms with Gasteiger partial charge in [-0.3, -0.25) is 0 Å². The van der Waals surface area contributed by atoms with E-state index < -0.39 is 0 Å². The van der Waals surface area contributed by atoms with Gasteiger partial charge in [-0.15, -0.1) is 0 Å². The van der Waals surface area contributed by atoms with E-state index in [9.17, 15) is 0 Å². The molecule has 0 bridgehead atoms. The molecular formula is C19H25NO2. The highest BCUT2D eigenvalue weighted by Gasteiger charge is 2.29. The number of hydrogen-bond acceptors (Lipinski definition) is 3. The molecule has 1 aliphatic carbocycles. The van der Waals surface area contributed by atoms with Crippen LogP contribution in [0.1, 0.15) is 37.7 Å². The predicted molar refractivity (Wildman–Crippen MR) is 89.8 cm³/mol. The summed E-state index contributed by atoms with van der Waals surface area (Å²) in [5, 5.41) is 3.57. The second-order valence-electron chi connectivity index (χ2n) is 6.00. The van der Waals surface area contributed by atoms with Crippen molar-refractivity contribution in [1.29, 1.82) is 0 Å². The van der Waals surface area contributed by atoms with Crippen molar-refractivity contribution in [3.63, 3.8) is 0 Å². The van der Waals surface area contributed by atoms with Gasteiger partial charge in [0.2, 0.25) is 0 Å². The SMILES string of the molecule is CCCC1=CCC2=C1[C@@H](c1ccc(OC)c(OC)c1)CNC2. The summed E-state index contributed by atoms with van der Waals surface area (Å²) in [5.41, 5.74) is 6.00. The molecule has 3 rings (SSSR count). The molecule has 2 aliphatic rings. The largest absolute Gasteiger partial charge is 0.493 e. The van der Waals surface area contributed by atoms with Gasteiger partial charge in [0.1, 0.15) is 0 Å². The molecule has 1 N–H and O–H groups in total. The predicted octanol–water partition coefficient (Wildman–Crippen LogP) is 3.82. The van der Waals surface area contributed by atoms with Gasteiger partial charge < -0.3 is 14.8 Å². The standard InChI is InChI=1S/C19H25NO2/c1-4-5-13-6-7-15-11-20-12-16(19(13)15)14-8-9-17(21-2)18(10-14)22-3/h6,8-10,16,20H,4-5,7,11-12H2,1-3H3/t16-/m1/s1. The second-order valence-corrected chi connectivity index (χ2v) is 6.00. The maximum atomic E-state index is 5.48. The van der Waals surface area contributed by atoms with Crippen molar-refractivity contribution in [3.05, 3.63) is 46.6 Å². The first kappa shape index (κ1) is 15.2. The summed E-state index contributed by atoms with van der Waals surface area (Å²) in [6.45, 7) is 4.28. The highest BCUT2D eigenvalue weighted by atomic mass is 16.5. The van der Waals surface area contributed by atoms with Crippen molar-refractivity contribution < 1.29 is 9.47 Å². The molecule has 118 valence electrons. The molecule has 1 aromatic rings. The number of hydrogen-bond donors (Lipinski definition) is 1. The van der Waals surface area contributed by atoms with E-state index in [1.807, 2.05) is 6.07 Å². The third-order valence-electron chi connectivity index (χ3n) is 4.69. The number of benzene rings is 1. The maximum Gasteiger partial charge on any atom is 0.161 e. The molecule has 0 spiro atoms. The number of rotatable bonds is 5. The van der Waals surface area contributed by atoms with Crippen molar-refractivity contribution in [1.82, 2.24) is 5.32 Å². The average molecular weight is 299 g/mol. The Labute approximate surface area is 133 Å². The van der Waals surface area contributed by atoms with E-state index in [-0.39, 0.29) is 0 Å². The summed E-state index contributed by atoms with van der Waals surface area (Å²) in [5.74, 6) is 2.02. The molecule has 3 heteroatoms. The van der Waals surface area contributed by atoms with Crippen LogP contribution in [0.4, 0.5) is 0 Å². The Morgan fingerprint density at radius 2 is 2.00 bits per heavy atom. The average Bonchev–Trinajstić information content (AvgIpc) is 2.98. The van der Waals surface area contributed by atoms with Gasteiger partial charge in [-0.1, -0.05) is 25.5 Å². The molecule has 22 heavy (non-hydrogen) atoms. The van der Waals surface area contributed by atoms with Gasteiger partial charge >= 0.3 is 0 Å². The second kappa shape index (κ2) is 6.57. The monoisotopic (exact) mass is 299 g/mol. The number of nitrogens with one attached hydrogen (secondary N) is 1. The van der Waals surface area contributed by atoms with Crippen molar-refractivity contribution in [2.45, 2.75) is 32.1 Å². The van der Waals surface area contributed by atoms with Gasteiger partial charge in [0.15, 0.2) is 11.5 Å². The van der Waals surface area contributed by atoms with Crippen LogP contribution >= 0.6 is 0 Å². The summed E-state index contributed by atoms with van der Waals surface area (Å²) in [6, 6.07) is 6.32. The van der Waals surface area contributed by atoms with Crippen LogP contribution in [0.5, 0.6) is 11.5 Å². The molecule has 0 aromatic heterocycles. The fourth-order valence-electron chi connectivity index (χ4n) is 3.66. The molecule has 1 aliphatic heterocycles. The molecule has 0 fully saturated rings. The molecule has 0 unspecified atom stereocenters. The van der Waals surface area contributed by atoms with E-state index in [2.05, 4.69) is 30.4 Å². The zero-order valence-corrected chi connectivity index (χ0v) is 13.7. The Morgan fingerprint density at radius 1 is 1.18 bits per heavy atom. The highest BCUT2D eigenvalue weighted by molar-refractivity contribution is 5.53. The molecule has 1 heterocycles. The summed E-state index contributed by atoms with van der Waals surface area (Å²) < 4.78 is 10.8. The number of methoxy groups -OCH3 is 2. The van der Waals surface area contributed by atoms with Crippen LogP contribution in [-0.4, -0.2) is 27.3 Å². The van der Waals surface area contributed by atoms with Crippen LogP contribution in [-0.2, 0) is 0 Å². The van der Waals surface area contributed by atoms with Gasteiger partial charge in [-0.05, 0) is 47.3 Å². The van der Waals surface area contributed by atoms with E-state index in [4.69, 9.17) is 9.47 Å². The van der Waals surface area contributed by atoms with Crippen molar-refractivity contribution in [2.75, 3.05) is 27.3 Å². The van der Waals surface area contributed by atoms with E-state index in [0.717, 1.165) is 31.0 Å². The third-order valence-corrected chi connectivity index (χ3v) is 4.69. The Bertz CT molecular complexity index is 616. The molecule has 1 atom stereocenters. The first-order chi connectivity index (χ1) is 10.8. The molecule has 1 aromatic carbocycles. The Hall–Kier alpha value is -1.74. The lowest BCUT2D eigenvalue weighted by Crippen LogP contribution is -2.30. The van der Waals surface area contributed by atoms with Crippen LogP contribution < -0.4 is 14.8 Å². The zero-order valence-electron chi connectivity index (χ0n) is 13.7. The van der Waals surface area contributed by atoms with Crippen molar-refractivity contribution in [3.8, 4) is 11.5 Å². The van der Waals surface area contributed by atoms with Crippen LogP contribution in [0.15, 0.2) is 41.0 Å². The topological polar surface area (TPSA) is 30.5 Å². The fourth-order valence-corrected chi connectivity index (χ4v) is 3.66. The van der Waals surface area contributed by atoms with Crippen molar-refractivity contribution >= 4 is 0 Å². The number of ether oxygens (including phenoxy) is 2. The maximum absolute atomic E-state index is 5.48. The highest BCUT2D eigenvalue weighted by Crippen LogP contribution is 2.42. The van der Waals surface area contributed by atoms with Gasteiger partial charge in [0.05, 0.1) is 14.2 Å². The summed E-state index contributed by atoms with van der Waals surface area (Å²) in [7, 11) is 3.38. The summed E-state index contributed by atoms with van der Waals surface area (Å²) in [4.78, 5) is 0. The van der Waals surface area contributed by atoms with E-state index >= 15 is 0 Å². The molecule has 3 nitrogen and oxygen atoms in total. The molecule has 0 amide bonds. The Balaban J connectivity index is 1.97.